The first kappa shape index (κ1) is 14.1. The first-order chi connectivity index (χ1) is 10.1. The Morgan fingerprint density at radius 3 is 2.90 bits per heavy atom. The van der Waals surface area contributed by atoms with E-state index in [4.69, 9.17) is 0 Å². The summed E-state index contributed by atoms with van der Waals surface area (Å²) in [6.07, 6.45) is 6.44. The molecule has 3 heteroatoms. The number of nitrogens with zero attached hydrogens (tertiary/aromatic N) is 1. The van der Waals surface area contributed by atoms with E-state index in [1.54, 1.807) is 22.8 Å². The van der Waals surface area contributed by atoms with Crippen LogP contribution in [-0.2, 0) is 0 Å². The number of aryl methyl sites for hydroxylation is 1. The van der Waals surface area contributed by atoms with E-state index in [0.29, 0.717) is 0 Å². The molecule has 0 amide bonds. The third-order valence-corrected chi connectivity index (χ3v) is 4.26. The molecule has 1 heterocycles. The van der Waals surface area contributed by atoms with Gasteiger partial charge in [-0.25, -0.2) is 4.39 Å². The standard InChI is InChI=1S/C18H19FNO/c1-13-12-15(19)8-9-16(13)17(10-7-14-5-6-14)20-11-3-2-4-18(20)21/h2-4,9,11-12,14,17H,5-7,10H2,1H3. The van der Waals surface area contributed by atoms with E-state index < -0.39 is 0 Å². The van der Waals surface area contributed by atoms with Crippen molar-refractivity contribution >= 4 is 0 Å². The Hall–Kier alpha value is -1.90. The highest BCUT2D eigenvalue weighted by atomic mass is 19.1. The van der Waals surface area contributed by atoms with Crippen LogP contribution in [0.4, 0.5) is 4.39 Å². The molecule has 1 unspecified atom stereocenters. The summed E-state index contributed by atoms with van der Waals surface area (Å²) in [6, 6.07) is 11.0. The molecule has 1 aromatic heterocycles. The lowest BCUT2D eigenvalue weighted by molar-refractivity contribution is 0.485. The maximum Gasteiger partial charge on any atom is 0.251 e. The van der Waals surface area contributed by atoms with E-state index >= 15 is 0 Å². The molecule has 0 bridgehead atoms. The molecular weight excluding hydrogens is 265 g/mol. The van der Waals surface area contributed by atoms with Crippen molar-refractivity contribution in [1.82, 2.24) is 4.57 Å². The van der Waals surface area contributed by atoms with Crippen LogP contribution in [0.2, 0.25) is 0 Å². The van der Waals surface area contributed by atoms with Crippen molar-refractivity contribution in [3.05, 3.63) is 69.9 Å². The highest BCUT2D eigenvalue weighted by Crippen LogP contribution is 2.37. The van der Waals surface area contributed by atoms with Crippen molar-refractivity contribution in [2.75, 3.05) is 0 Å². The molecule has 1 aromatic carbocycles. The van der Waals surface area contributed by atoms with Crippen LogP contribution in [0.25, 0.3) is 0 Å². The average molecular weight is 284 g/mol. The van der Waals surface area contributed by atoms with Crippen molar-refractivity contribution in [2.45, 2.75) is 38.6 Å². The van der Waals surface area contributed by atoms with E-state index in [9.17, 15) is 9.18 Å². The van der Waals surface area contributed by atoms with E-state index in [1.165, 1.54) is 18.9 Å². The molecule has 1 aliphatic rings. The highest BCUT2D eigenvalue weighted by Gasteiger charge is 2.24. The van der Waals surface area contributed by atoms with Crippen molar-refractivity contribution in [1.29, 1.82) is 0 Å². The number of hydrogen-bond donors (Lipinski definition) is 0. The van der Waals surface area contributed by atoms with Gasteiger partial charge in [0.2, 0.25) is 0 Å². The molecule has 0 aliphatic heterocycles. The summed E-state index contributed by atoms with van der Waals surface area (Å²) >= 11 is 0. The first-order valence-electron chi connectivity index (χ1n) is 7.50. The maximum absolute atomic E-state index is 13.3. The lowest BCUT2D eigenvalue weighted by Crippen LogP contribution is -2.24. The monoisotopic (exact) mass is 284 g/mol. The Morgan fingerprint density at radius 1 is 1.43 bits per heavy atom. The molecule has 1 radical (unpaired) electrons. The quantitative estimate of drug-likeness (QED) is 0.816. The molecule has 0 saturated heterocycles. The fourth-order valence-corrected chi connectivity index (χ4v) is 2.88. The SMILES string of the molecule is Cc1cc(F)[c]cc1C(CCC1CC1)n1ccccc1=O. The minimum Gasteiger partial charge on any atom is -0.308 e. The third-order valence-electron chi connectivity index (χ3n) is 4.26. The van der Waals surface area contributed by atoms with Gasteiger partial charge in [-0.15, -0.1) is 0 Å². The van der Waals surface area contributed by atoms with Gasteiger partial charge in [0.15, 0.2) is 0 Å². The molecule has 1 saturated carbocycles. The van der Waals surface area contributed by atoms with Crippen molar-refractivity contribution in [3.63, 3.8) is 0 Å². The lowest BCUT2D eigenvalue weighted by Gasteiger charge is -2.22. The van der Waals surface area contributed by atoms with Gasteiger partial charge < -0.3 is 4.57 Å². The van der Waals surface area contributed by atoms with Crippen LogP contribution < -0.4 is 5.56 Å². The zero-order chi connectivity index (χ0) is 14.8. The molecule has 1 aliphatic carbocycles. The molecule has 1 atom stereocenters. The number of hydrogen-bond acceptors (Lipinski definition) is 1. The molecule has 0 spiro atoms. The second-order valence-corrected chi connectivity index (χ2v) is 5.90. The van der Waals surface area contributed by atoms with Crippen LogP contribution in [0.3, 0.4) is 0 Å². The Morgan fingerprint density at radius 2 is 2.24 bits per heavy atom. The van der Waals surface area contributed by atoms with Gasteiger partial charge in [0, 0.05) is 18.3 Å². The second kappa shape index (κ2) is 5.84. The van der Waals surface area contributed by atoms with E-state index in [2.05, 4.69) is 6.07 Å². The van der Waals surface area contributed by atoms with Crippen LogP contribution >= 0.6 is 0 Å². The number of aromatic nitrogens is 1. The Bertz CT molecular complexity index is 688. The van der Waals surface area contributed by atoms with Gasteiger partial charge in [0.1, 0.15) is 5.82 Å². The minimum atomic E-state index is -0.349. The van der Waals surface area contributed by atoms with Gasteiger partial charge in [-0.2, -0.15) is 0 Å². The summed E-state index contributed by atoms with van der Waals surface area (Å²) in [7, 11) is 0. The molecule has 109 valence electrons. The summed E-state index contributed by atoms with van der Waals surface area (Å²) in [6.45, 7) is 1.89. The summed E-state index contributed by atoms with van der Waals surface area (Å²) in [4.78, 5) is 12.2. The van der Waals surface area contributed by atoms with E-state index in [-0.39, 0.29) is 17.4 Å². The molecule has 21 heavy (non-hydrogen) atoms. The zero-order valence-corrected chi connectivity index (χ0v) is 12.2. The number of halogens is 1. The molecule has 3 rings (SSSR count). The molecule has 0 N–H and O–H groups in total. The van der Waals surface area contributed by atoms with Gasteiger partial charge in [-0.1, -0.05) is 18.9 Å². The number of rotatable bonds is 5. The largest absolute Gasteiger partial charge is 0.308 e. The van der Waals surface area contributed by atoms with Crippen molar-refractivity contribution in [2.24, 2.45) is 5.92 Å². The summed E-state index contributed by atoms with van der Waals surface area (Å²) in [5.41, 5.74) is 1.86. The zero-order valence-electron chi connectivity index (χ0n) is 12.2. The first-order valence-corrected chi connectivity index (χ1v) is 7.50. The predicted octanol–water partition coefficient (Wildman–Crippen LogP) is 3.88. The molecule has 1 fully saturated rings. The van der Waals surface area contributed by atoms with Crippen molar-refractivity contribution in [3.8, 4) is 0 Å². The van der Waals surface area contributed by atoms with Gasteiger partial charge >= 0.3 is 0 Å². The second-order valence-electron chi connectivity index (χ2n) is 5.90. The highest BCUT2D eigenvalue weighted by molar-refractivity contribution is 5.29. The van der Waals surface area contributed by atoms with Crippen LogP contribution in [0.5, 0.6) is 0 Å². The summed E-state index contributed by atoms with van der Waals surface area (Å²) < 4.78 is 15.1. The normalized spacial score (nSPS) is 15.9. The van der Waals surface area contributed by atoms with Crippen LogP contribution in [0.1, 0.15) is 42.9 Å². The Balaban J connectivity index is 1.98. The lowest BCUT2D eigenvalue weighted by atomic mass is 9.96. The molecular formula is C18H19FNO. The minimum absolute atomic E-state index is 0.0120. The average Bonchev–Trinajstić information content (AvgIpc) is 3.26. The van der Waals surface area contributed by atoms with Gasteiger partial charge in [0.25, 0.3) is 5.56 Å². The van der Waals surface area contributed by atoms with E-state index in [1.807, 2.05) is 19.2 Å². The van der Waals surface area contributed by atoms with Gasteiger partial charge in [-0.05, 0) is 55.0 Å². The van der Waals surface area contributed by atoms with Crippen LogP contribution in [0.15, 0.2) is 41.3 Å². The van der Waals surface area contributed by atoms with E-state index in [0.717, 1.165) is 29.9 Å². The smallest absolute Gasteiger partial charge is 0.251 e. The van der Waals surface area contributed by atoms with Gasteiger partial charge in [0.05, 0.1) is 6.04 Å². The molecule has 2 nitrogen and oxygen atoms in total. The fourth-order valence-electron chi connectivity index (χ4n) is 2.88. The van der Waals surface area contributed by atoms with Crippen LogP contribution in [0, 0.1) is 24.7 Å². The van der Waals surface area contributed by atoms with Crippen molar-refractivity contribution < 1.29 is 4.39 Å². The fraction of sp³-hybridized carbons (Fsp3) is 0.389. The summed E-state index contributed by atoms with van der Waals surface area (Å²) in [5.74, 6) is 0.453. The Kier molecular flexibility index (Phi) is 3.91. The number of pyridine rings is 1. The molecule has 2 aromatic rings. The van der Waals surface area contributed by atoms with Crippen LogP contribution in [-0.4, -0.2) is 4.57 Å². The predicted molar refractivity (Wildman–Crippen MR) is 80.8 cm³/mol. The third kappa shape index (κ3) is 3.23. The maximum atomic E-state index is 13.3. The topological polar surface area (TPSA) is 22.0 Å². The summed E-state index contributed by atoms with van der Waals surface area (Å²) in [5, 5.41) is 0. The van der Waals surface area contributed by atoms with Gasteiger partial charge in [-0.3, -0.25) is 4.79 Å². The number of benzene rings is 1. The Labute approximate surface area is 124 Å².